The highest BCUT2D eigenvalue weighted by Crippen LogP contribution is 2.40. The van der Waals surface area contributed by atoms with Crippen LogP contribution in [-0.2, 0) is 4.74 Å². The summed E-state index contributed by atoms with van der Waals surface area (Å²) in [6.07, 6.45) is 4.18. The molecule has 5 rings (SSSR count). The van der Waals surface area contributed by atoms with Crippen molar-refractivity contribution in [3.63, 3.8) is 0 Å². The van der Waals surface area contributed by atoms with E-state index in [4.69, 9.17) is 4.74 Å². The zero-order valence-electron chi connectivity index (χ0n) is 16.0. The monoisotopic (exact) mass is 376 g/mol. The minimum absolute atomic E-state index is 0.0962. The van der Waals surface area contributed by atoms with Gasteiger partial charge in [0.25, 0.3) is 0 Å². The Morgan fingerprint density at radius 3 is 2.89 bits per heavy atom. The van der Waals surface area contributed by atoms with Gasteiger partial charge < -0.3 is 19.4 Å². The van der Waals surface area contributed by atoms with Gasteiger partial charge in [0.15, 0.2) is 0 Å². The van der Waals surface area contributed by atoms with Crippen LogP contribution in [0.5, 0.6) is 0 Å². The molecule has 1 saturated heterocycles. The molecule has 3 heterocycles. The third-order valence-corrected chi connectivity index (χ3v) is 5.56. The molecule has 6 heteroatoms. The summed E-state index contributed by atoms with van der Waals surface area (Å²) in [4.78, 5) is 19.2. The molecule has 3 aromatic rings. The number of amides is 2. The molecule has 1 aliphatic carbocycles. The number of anilines is 1. The molecule has 28 heavy (non-hydrogen) atoms. The summed E-state index contributed by atoms with van der Waals surface area (Å²) in [6, 6.07) is 14.1. The van der Waals surface area contributed by atoms with Crippen molar-refractivity contribution in [2.24, 2.45) is 0 Å². The van der Waals surface area contributed by atoms with Crippen LogP contribution in [0.3, 0.4) is 0 Å². The maximum absolute atomic E-state index is 12.7. The van der Waals surface area contributed by atoms with E-state index < -0.39 is 0 Å². The Morgan fingerprint density at radius 1 is 1.21 bits per heavy atom. The first-order valence-electron chi connectivity index (χ1n) is 9.89. The topological polar surface area (TPSA) is 58.9 Å². The number of nitrogens with one attached hydrogen (secondary N) is 1. The Bertz CT molecular complexity index is 1020. The fourth-order valence-corrected chi connectivity index (χ4v) is 3.95. The number of urea groups is 1. The molecule has 6 nitrogen and oxygen atoms in total. The van der Waals surface area contributed by atoms with Gasteiger partial charge in [-0.2, -0.15) is 0 Å². The maximum atomic E-state index is 12.7. The quantitative estimate of drug-likeness (QED) is 0.748. The third kappa shape index (κ3) is 3.24. The van der Waals surface area contributed by atoms with Crippen molar-refractivity contribution in [2.75, 3.05) is 25.0 Å². The third-order valence-electron chi connectivity index (χ3n) is 5.56. The highest BCUT2D eigenvalue weighted by atomic mass is 16.5. The van der Waals surface area contributed by atoms with Crippen molar-refractivity contribution >= 4 is 17.2 Å². The van der Waals surface area contributed by atoms with Gasteiger partial charge in [0.2, 0.25) is 0 Å². The molecule has 1 saturated carbocycles. The van der Waals surface area contributed by atoms with Gasteiger partial charge in [0.1, 0.15) is 6.10 Å². The van der Waals surface area contributed by atoms with Gasteiger partial charge in [-0.15, -0.1) is 0 Å². The standard InChI is InChI=1S/C22H24N4O2/c1-15-4-2-5-17(12-15)24-22(27)25-10-11-28-20(13-25)21-19-7-3-6-18(16-8-9-16)26(19)14-23-21/h2-7,12,14,16,20H,8-11,13H2,1H3,(H,24,27)/t20-/m1/s1. The lowest BCUT2D eigenvalue weighted by atomic mass is 10.1. The van der Waals surface area contributed by atoms with E-state index in [0.717, 1.165) is 22.5 Å². The molecule has 1 atom stereocenters. The van der Waals surface area contributed by atoms with Crippen LogP contribution >= 0.6 is 0 Å². The van der Waals surface area contributed by atoms with Gasteiger partial charge in [-0.1, -0.05) is 18.2 Å². The smallest absolute Gasteiger partial charge is 0.322 e. The lowest BCUT2D eigenvalue weighted by Crippen LogP contribution is -2.44. The summed E-state index contributed by atoms with van der Waals surface area (Å²) >= 11 is 0. The van der Waals surface area contributed by atoms with Crippen molar-refractivity contribution in [2.45, 2.75) is 31.8 Å². The van der Waals surface area contributed by atoms with E-state index in [1.54, 1.807) is 0 Å². The lowest BCUT2D eigenvalue weighted by Gasteiger charge is -2.32. The Hall–Kier alpha value is -2.86. The van der Waals surface area contributed by atoms with Crippen molar-refractivity contribution in [1.29, 1.82) is 0 Å². The molecule has 0 spiro atoms. The lowest BCUT2D eigenvalue weighted by molar-refractivity contribution is -0.0147. The van der Waals surface area contributed by atoms with E-state index >= 15 is 0 Å². The van der Waals surface area contributed by atoms with Gasteiger partial charge in [-0.05, 0) is 55.5 Å². The number of morpholine rings is 1. The number of fused-ring (bicyclic) bond motifs is 1. The van der Waals surface area contributed by atoms with Crippen LogP contribution in [0, 0.1) is 6.92 Å². The van der Waals surface area contributed by atoms with Crippen LogP contribution in [0.4, 0.5) is 10.5 Å². The molecular formula is C22H24N4O2. The van der Waals surface area contributed by atoms with Gasteiger partial charge >= 0.3 is 6.03 Å². The molecule has 1 aliphatic heterocycles. The number of imidazole rings is 1. The molecule has 0 radical (unpaired) electrons. The summed E-state index contributed by atoms with van der Waals surface area (Å²) in [5, 5.41) is 2.99. The maximum Gasteiger partial charge on any atom is 0.322 e. The number of hydrogen-bond acceptors (Lipinski definition) is 3. The predicted octanol–water partition coefficient (Wildman–Crippen LogP) is 4.13. The van der Waals surface area contributed by atoms with Crippen LogP contribution in [0.1, 0.15) is 41.8 Å². The predicted molar refractivity (Wildman–Crippen MR) is 108 cm³/mol. The minimum atomic E-state index is -0.212. The molecular weight excluding hydrogens is 352 g/mol. The second-order valence-corrected chi connectivity index (χ2v) is 7.72. The van der Waals surface area contributed by atoms with Gasteiger partial charge in [0, 0.05) is 17.9 Å². The Morgan fingerprint density at radius 2 is 2.07 bits per heavy atom. The molecule has 2 aliphatic rings. The van der Waals surface area contributed by atoms with E-state index in [9.17, 15) is 4.79 Å². The van der Waals surface area contributed by atoms with Gasteiger partial charge in [-0.25, -0.2) is 9.78 Å². The average molecular weight is 376 g/mol. The zero-order valence-corrected chi connectivity index (χ0v) is 16.0. The molecule has 1 aromatic carbocycles. The van der Waals surface area contributed by atoms with E-state index in [2.05, 4.69) is 32.9 Å². The Labute approximate surface area is 164 Å². The van der Waals surface area contributed by atoms with Gasteiger partial charge in [0.05, 0.1) is 30.7 Å². The number of benzene rings is 1. The van der Waals surface area contributed by atoms with Crippen LogP contribution in [0.25, 0.3) is 5.52 Å². The zero-order chi connectivity index (χ0) is 19.1. The highest BCUT2D eigenvalue weighted by molar-refractivity contribution is 5.89. The molecule has 2 fully saturated rings. The number of aryl methyl sites for hydroxylation is 1. The summed E-state index contributed by atoms with van der Waals surface area (Å²) in [5.74, 6) is 0.648. The number of hydrogen-bond donors (Lipinski definition) is 1. The van der Waals surface area contributed by atoms with Crippen molar-refractivity contribution in [1.82, 2.24) is 14.3 Å². The largest absolute Gasteiger partial charge is 0.368 e. The molecule has 1 N–H and O–H groups in total. The molecule has 144 valence electrons. The van der Waals surface area contributed by atoms with Crippen LogP contribution < -0.4 is 5.32 Å². The average Bonchev–Trinajstić information content (AvgIpc) is 3.46. The SMILES string of the molecule is Cc1cccc(NC(=O)N2CCO[C@@H](c3ncn4c(C5CC5)cccc34)C2)c1. The summed E-state index contributed by atoms with van der Waals surface area (Å²) < 4.78 is 8.18. The second kappa shape index (κ2) is 6.95. The van der Waals surface area contributed by atoms with Gasteiger partial charge in [-0.3, -0.25) is 0 Å². The molecule has 2 aromatic heterocycles. The van der Waals surface area contributed by atoms with Crippen LogP contribution in [0.2, 0.25) is 0 Å². The molecule has 0 bridgehead atoms. The summed E-state index contributed by atoms with van der Waals surface area (Å²) in [5.41, 5.74) is 5.25. The number of rotatable bonds is 3. The molecule has 0 unspecified atom stereocenters. The van der Waals surface area contributed by atoms with Crippen molar-refractivity contribution in [3.8, 4) is 0 Å². The Balaban J connectivity index is 1.35. The first-order chi connectivity index (χ1) is 13.7. The first-order valence-corrected chi connectivity index (χ1v) is 9.89. The number of carbonyl (C=O) groups is 1. The number of aromatic nitrogens is 2. The minimum Gasteiger partial charge on any atom is -0.368 e. The second-order valence-electron chi connectivity index (χ2n) is 7.72. The van der Waals surface area contributed by atoms with E-state index in [1.165, 1.54) is 18.5 Å². The Kier molecular flexibility index (Phi) is 4.28. The number of pyridine rings is 1. The summed E-state index contributed by atoms with van der Waals surface area (Å²) in [7, 11) is 0. The van der Waals surface area contributed by atoms with Crippen LogP contribution in [-0.4, -0.2) is 40.0 Å². The van der Waals surface area contributed by atoms with Crippen LogP contribution in [0.15, 0.2) is 48.8 Å². The van der Waals surface area contributed by atoms with E-state index in [1.807, 2.05) is 42.4 Å². The summed E-state index contributed by atoms with van der Waals surface area (Å²) in [6.45, 7) is 3.60. The fraction of sp³-hybridized carbons (Fsp3) is 0.364. The first kappa shape index (κ1) is 17.3. The number of carbonyl (C=O) groups excluding carboxylic acids is 1. The van der Waals surface area contributed by atoms with E-state index in [-0.39, 0.29) is 12.1 Å². The number of ether oxygens (including phenoxy) is 1. The fourth-order valence-electron chi connectivity index (χ4n) is 3.95. The number of nitrogens with zero attached hydrogens (tertiary/aromatic N) is 3. The highest BCUT2D eigenvalue weighted by Gasteiger charge is 2.30. The normalized spacial score (nSPS) is 19.8. The van der Waals surface area contributed by atoms with Crippen molar-refractivity contribution < 1.29 is 9.53 Å². The van der Waals surface area contributed by atoms with E-state index in [0.29, 0.717) is 25.6 Å². The van der Waals surface area contributed by atoms with Crippen molar-refractivity contribution in [3.05, 3.63) is 65.7 Å². The molecule has 2 amide bonds.